The second-order valence-electron chi connectivity index (χ2n) is 7.02. The summed E-state index contributed by atoms with van der Waals surface area (Å²) in [4.78, 5) is 0. The van der Waals surface area contributed by atoms with E-state index in [1.807, 2.05) is 60.7 Å². The van der Waals surface area contributed by atoms with Crippen LogP contribution in [-0.2, 0) is 6.61 Å². The summed E-state index contributed by atoms with van der Waals surface area (Å²) in [6.07, 6.45) is 0. The van der Waals surface area contributed by atoms with E-state index in [4.69, 9.17) is 27.7 Å². The molecule has 0 spiro atoms. The number of hydrogen-bond donors (Lipinski definition) is 0. The maximum absolute atomic E-state index is 6.09. The Labute approximate surface area is 199 Å². The van der Waals surface area contributed by atoms with E-state index in [1.54, 1.807) is 28.4 Å². The SMILES string of the molecule is COc1ccc(-c2n[se]nc2-c2cc(OC)c(OC)c(OC)c2)cc1OCc1ccccc1. The van der Waals surface area contributed by atoms with Crippen molar-refractivity contribution in [2.24, 2.45) is 0 Å². The van der Waals surface area contributed by atoms with E-state index in [1.165, 1.54) is 0 Å². The van der Waals surface area contributed by atoms with Crippen molar-refractivity contribution < 1.29 is 23.7 Å². The topological polar surface area (TPSA) is 71.9 Å². The first-order valence-electron chi connectivity index (χ1n) is 10.2. The van der Waals surface area contributed by atoms with E-state index in [9.17, 15) is 0 Å². The molecule has 33 heavy (non-hydrogen) atoms. The van der Waals surface area contributed by atoms with Gasteiger partial charge in [-0.3, -0.25) is 0 Å². The minimum atomic E-state index is -0.254. The number of ether oxygens (including phenoxy) is 5. The van der Waals surface area contributed by atoms with Gasteiger partial charge in [0.05, 0.1) is 0 Å². The Hall–Kier alpha value is -3.48. The fourth-order valence-corrected chi connectivity index (χ4v) is 4.69. The summed E-state index contributed by atoms with van der Waals surface area (Å²) in [6, 6.07) is 19.6. The summed E-state index contributed by atoms with van der Waals surface area (Å²) in [7, 11) is 6.40. The molecule has 0 saturated heterocycles. The van der Waals surface area contributed by atoms with E-state index in [0.29, 0.717) is 35.4 Å². The Morgan fingerprint density at radius 2 is 1.24 bits per heavy atom. The average molecular weight is 511 g/mol. The molecule has 0 bridgehead atoms. The van der Waals surface area contributed by atoms with Crippen LogP contribution in [-0.4, -0.2) is 51.4 Å². The van der Waals surface area contributed by atoms with Gasteiger partial charge in [-0.25, -0.2) is 0 Å². The zero-order chi connectivity index (χ0) is 23.2. The van der Waals surface area contributed by atoms with Crippen LogP contribution in [0.15, 0.2) is 60.7 Å². The van der Waals surface area contributed by atoms with Gasteiger partial charge in [-0.1, -0.05) is 0 Å². The van der Waals surface area contributed by atoms with E-state index < -0.39 is 0 Å². The van der Waals surface area contributed by atoms with Crippen molar-refractivity contribution >= 4 is 15.0 Å². The molecule has 7 nitrogen and oxygen atoms in total. The van der Waals surface area contributed by atoms with Gasteiger partial charge in [-0.15, -0.1) is 0 Å². The Morgan fingerprint density at radius 1 is 0.636 bits per heavy atom. The van der Waals surface area contributed by atoms with Gasteiger partial charge in [-0.05, 0) is 0 Å². The molecular formula is C25H24N2O5Se. The zero-order valence-electron chi connectivity index (χ0n) is 18.8. The fraction of sp³-hybridized carbons (Fsp3) is 0.200. The van der Waals surface area contributed by atoms with E-state index in [0.717, 1.165) is 28.1 Å². The number of methoxy groups -OCH3 is 4. The summed E-state index contributed by atoms with van der Waals surface area (Å²) in [5, 5.41) is 0. The molecule has 1 aromatic heterocycles. The summed E-state index contributed by atoms with van der Waals surface area (Å²) < 4.78 is 37.5. The van der Waals surface area contributed by atoms with Crippen LogP contribution < -0.4 is 23.7 Å². The molecule has 8 heteroatoms. The standard InChI is InChI=1S/C25H24N2O5Se/c1-28-19-11-10-17(12-20(19)32-15-16-8-6-5-7-9-16)23-24(27-33-26-23)18-13-21(29-2)25(31-4)22(14-18)30-3/h5-14H,15H2,1-4H3. The quantitative estimate of drug-likeness (QED) is 0.307. The molecule has 0 N–H and O–H groups in total. The molecule has 4 rings (SSSR count). The summed E-state index contributed by atoms with van der Waals surface area (Å²) in [5.41, 5.74) is 4.37. The second-order valence-corrected chi connectivity index (χ2v) is 8.12. The van der Waals surface area contributed by atoms with E-state index in [2.05, 4.69) is 3.98 Å². The van der Waals surface area contributed by atoms with Crippen LogP contribution in [0.25, 0.3) is 22.5 Å². The third-order valence-electron chi connectivity index (χ3n) is 5.10. The Morgan fingerprint density at radius 3 is 1.85 bits per heavy atom. The fourth-order valence-electron chi connectivity index (χ4n) is 3.46. The number of rotatable bonds is 9. The van der Waals surface area contributed by atoms with Gasteiger partial charge in [-0.2, -0.15) is 0 Å². The third-order valence-corrected chi connectivity index (χ3v) is 6.21. The molecular weight excluding hydrogens is 487 g/mol. The Kier molecular flexibility index (Phi) is 7.17. The second kappa shape index (κ2) is 10.4. The first-order chi connectivity index (χ1) is 16.2. The number of aromatic nitrogens is 2. The predicted octanol–water partition coefficient (Wildman–Crippen LogP) is 4.48. The van der Waals surface area contributed by atoms with Crippen molar-refractivity contribution in [3.05, 3.63) is 66.2 Å². The van der Waals surface area contributed by atoms with Crippen molar-refractivity contribution in [1.82, 2.24) is 7.96 Å². The molecule has 1 heterocycles. The predicted molar refractivity (Wildman–Crippen MR) is 127 cm³/mol. The molecule has 0 aliphatic rings. The number of nitrogens with zero attached hydrogens (tertiary/aromatic N) is 2. The van der Waals surface area contributed by atoms with Crippen LogP contribution in [0.3, 0.4) is 0 Å². The molecule has 0 saturated carbocycles. The van der Waals surface area contributed by atoms with E-state index in [-0.39, 0.29) is 15.0 Å². The molecule has 0 aliphatic carbocycles. The molecule has 4 aromatic rings. The Bertz CT molecular complexity index is 1200. The molecule has 0 radical (unpaired) electrons. The monoisotopic (exact) mass is 512 g/mol. The van der Waals surface area contributed by atoms with Gasteiger partial charge >= 0.3 is 199 Å². The molecule has 3 aromatic carbocycles. The molecule has 0 unspecified atom stereocenters. The molecule has 0 fully saturated rings. The first-order valence-corrected chi connectivity index (χ1v) is 11.7. The van der Waals surface area contributed by atoms with Crippen LogP contribution >= 0.6 is 0 Å². The number of hydrogen-bond acceptors (Lipinski definition) is 7. The van der Waals surface area contributed by atoms with Crippen molar-refractivity contribution in [2.75, 3.05) is 28.4 Å². The van der Waals surface area contributed by atoms with Gasteiger partial charge in [0.2, 0.25) is 0 Å². The van der Waals surface area contributed by atoms with Gasteiger partial charge in [0.1, 0.15) is 0 Å². The van der Waals surface area contributed by atoms with Gasteiger partial charge < -0.3 is 0 Å². The van der Waals surface area contributed by atoms with Crippen molar-refractivity contribution in [1.29, 1.82) is 0 Å². The molecule has 0 amide bonds. The third kappa shape index (κ3) is 4.82. The molecule has 0 atom stereocenters. The van der Waals surface area contributed by atoms with Crippen molar-refractivity contribution in [3.8, 4) is 51.3 Å². The van der Waals surface area contributed by atoms with Gasteiger partial charge in [0, 0.05) is 0 Å². The average Bonchev–Trinajstić information content (AvgIpc) is 3.37. The number of benzene rings is 3. The minimum absolute atomic E-state index is 0.254. The van der Waals surface area contributed by atoms with Crippen LogP contribution in [0.4, 0.5) is 0 Å². The van der Waals surface area contributed by atoms with Crippen LogP contribution in [0.2, 0.25) is 0 Å². The summed E-state index contributed by atoms with van der Waals surface area (Å²) in [6.45, 7) is 0.435. The maximum atomic E-state index is 6.09. The first kappa shape index (κ1) is 22.7. The van der Waals surface area contributed by atoms with Gasteiger partial charge in [0.15, 0.2) is 0 Å². The summed E-state index contributed by atoms with van der Waals surface area (Å²) >= 11 is -0.254. The van der Waals surface area contributed by atoms with Crippen LogP contribution in [0.1, 0.15) is 5.56 Å². The van der Waals surface area contributed by atoms with E-state index >= 15 is 0 Å². The summed E-state index contributed by atoms with van der Waals surface area (Å²) in [5.74, 6) is 2.97. The van der Waals surface area contributed by atoms with Gasteiger partial charge in [0.25, 0.3) is 0 Å². The molecule has 0 aliphatic heterocycles. The zero-order valence-corrected chi connectivity index (χ0v) is 20.5. The van der Waals surface area contributed by atoms with Crippen LogP contribution in [0.5, 0.6) is 28.7 Å². The van der Waals surface area contributed by atoms with Crippen LogP contribution in [0, 0.1) is 0 Å². The normalized spacial score (nSPS) is 10.5. The van der Waals surface area contributed by atoms with Crippen molar-refractivity contribution in [2.45, 2.75) is 6.61 Å². The Balaban J connectivity index is 1.72. The van der Waals surface area contributed by atoms with Crippen molar-refractivity contribution in [3.63, 3.8) is 0 Å². The molecule has 170 valence electrons.